The summed E-state index contributed by atoms with van der Waals surface area (Å²) in [6.45, 7) is -0.00502. The molecule has 1 aromatic rings. The summed E-state index contributed by atoms with van der Waals surface area (Å²) in [6.07, 6.45) is 0.369. The minimum atomic E-state index is -1.05. The molecule has 0 bridgehead atoms. The predicted molar refractivity (Wildman–Crippen MR) is 58.5 cm³/mol. The highest BCUT2D eigenvalue weighted by atomic mass is 16.5. The van der Waals surface area contributed by atoms with Crippen molar-refractivity contribution in [3.05, 3.63) is 29.3 Å². The van der Waals surface area contributed by atoms with Crippen LogP contribution in [0.15, 0.2) is 18.2 Å². The molecule has 4 heteroatoms. The van der Waals surface area contributed by atoms with E-state index in [-0.39, 0.29) is 12.2 Å². The Bertz CT molecular complexity index is 440. The van der Waals surface area contributed by atoms with Gasteiger partial charge in [-0.3, -0.25) is 0 Å². The maximum atomic E-state index is 10.9. The van der Waals surface area contributed by atoms with Crippen LogP contribution in [0.2, 0.25) is 0 Å². The summed E-state index contributed by atoms with van der Waals surface area (Å²) >= 11 is 0. The van der Waals surface area contributed by atoms with Crippen molar-refractivity contribution in [1.29, 1.82) is 0 Å². The first-order valence-electron chi connectivity index (χ1n) is 4.70. The molecule has 16 heavy (non-hydrogen) atoms. The van der Waals surface area contributed by atoms with E-state index in [2.05, 4.69) is 11.8 Å². The number of aromatic carboxylic acids is 1. The number of carboxylic acids is 1. The Kier molecular flexibility index (Phi) is 4.37. The zero-order valence-electron chi connectivity index (χ0n) is 8.86. The summed E-state index contributed by atoms with van der Waals surface area (Å²) in [6, 6.07) is 4.69. The highest BCUT2D eigenvalue weighted by molar-refractivity contribution is 5.91. The number of ether oxygens (including phenoxy) is 1. The maximum absolute atomic E-state index is 10.9. The lowest BCUT2D eigenvalue weighted by atomic mass is 10.1. The van der Waals surface area contributed by atoms with Gasteiger partial charge in [-0.2, -0.15) is 0 Å². The normalized spacial score (nSPS) is 9.12. The highest BCUT2D eigenvalue weighted by Gasteiger charge is 2.10. The fourth-order valence-electron chi connectivity index (χ4n) is 1.17. The molecule has 0 fully saturated rings. The molecular formula is C12H12O4. The summed E-state index contributed by atoms with van der Waals surface area (Å²) in [5.41, 5.74) is 0.671. The van der Waals surface area contributed by atoms with E-state index < -0.39 is 5.97 Å². The molecule has 0 atom stereocenters. The smallest absolute Gasteiger partial charge is 0.339 e. The molecular weight excluding hydrogens is 208 g/mol. The number of aliphatic hydroxyl groups is 1. The SMILES string of the molecule is COc1ccc(C#CCCO)cc1C(=O)O. The summed E-state index contributed by atoms with van der Waals surface area (Å²) in [4.78, 5) is 10.9. The Morgan fingerprint density at radius 3 is 2.81 bits per heavy atom. The van der Waals surface area contributed by atoms with E-state index in [0.717, 1.165) is 0 Å². The first-order valence-corrected chi connectivity index (χ1v) is 4.70. The maximum Gasteiger partial charge on any atom is 0.339 e. The third-order valence-electron chi connectivity index (χ3n) is 1.90. The van der Waals surface area contributed by atoms with Gasteiger partial charge in [-0.1, -0.05) is 11.8 Å². The van der Waals surface area contributed by atoms with E-state index >= 15 is 0 Å². The minimum Gasteiger partial charge on any atom is -0.496 e. The summed E-state index contributed by atoms with van der Waals surface area (Å²) in [5.74, 6) is 4.74. The molecule has 0 saturated heterocycles. The van der Waals surface area contributed by atoms with Crippen LogP contribution in [0.3, 0.4) is 0 Å². The fraction of sp³-hybridized carbons (Fsp3) is 0.250. The number of carbonyl (C=O) groups is 1. The molecule has 0 heterocycles. The van der Waals surface area contributed by atoms with Crippen molar-refractivity contribution in [2.75, 3.05) is 13.7 Å². The van der Waals surface area contributed by atoms with Gasteiger partial charge < -0.3 is 14.9 Å². The third-order valence-corrected chi connectivity index (χ3v) is 1.90. The molecule has 0 unspecified atom stereocenters. The average Bonchev–Trinajstić information content (AvgIpc) is 2.29. The third kappa shape index (κ3) is 3.01. The Hall–Kier alpha value is -1.99. The van der Waals surface area contributed by atoms with Crippen LogP contribution < -0.4 is 4.74 Å². The second-order valence-corrected chi connectivity index (χ2v) is 3.00. The largest absolute Gasteiger partial charge is 0.496 e. The minimum absolute atomic E-state index is 0.00502. The molecule has 0 spiro atoms. The van der Waals surface area contributed by atoms with E-state index in [1.165, 1.54) is 13.2 Å². The van der Waals surface area contributed by atoms with Crippen molar-refractivity contribution in [3.63, 3.8) is 0 Å². The van der Waals surface area contributed by atoms with Crippen molar-refractivity contribution in [1.82, 2.24) is 0 Å². The molecule has 0 radical (unpaired) electrons. The van der Waals surface area contributed by atoms with Crippen LogP contribution in [0, 0.1) is 11.8 Å². The van der Waals surface area contributed by atoms with Gasteiger partial charge in [-0.15, -0.1) is 0 Å². The number of hydrogen-bond acceptors (Lipinski definition) is 3. The lowest BCUT2D eigenvalue weighted by Crippen LogP contribution is -2.00. The lowest BCUT2D eigenvalue weighted by molar-refractivity contribution is 0.0693. The predicted octanol–water partition coefficient (Wildman–Crippen LogP) is 1.13. The second kappa shape index (κ2) is 5.79. The molecule has 4 nitrogen and oxygen atoms in total. The Morgan fingerprint density at radius 1 is 1.50 bits per heavy atom. The van der Waals surface area contributed by atoms with Crippen molar-refractivity contribution in [3.8, 4) is 17.6 Å². The van der Waals surface area contributed by atoms with Gasteiger partial charge in [0.15, 0.2) is 0 Å². The van der Waals surface area contributed by atoms with Crippen LogP contribution in [0.1, 0.15) is 22.3 Å². The number of methoxy groups -OCH3 is 1. The summed E-state index contributed by atoms with van der Waals surface area (Å²) in [5, 5.41) is 17.5. The number of carboxylic acid groups (broad SMARTS) is 1. The monoisotopic (exact) mass is 220 g/mol. The van der Waals surface area contributed by atoms with Crippen LogP contribution in [-0.4, -0.2) is 29.9 Å². The lowest BCUT2D eigenvalue weighted by Gasteiger charge is -2.04. The molecule has 0 aliphatic rings. The van der Waals surface area contributed by atoms with E-state index in [9.17, 15) is 4.79 Å². The Labute approximate surface area is 93.5 Å². The molecule has 0 aliphatic carbocycles. The van der Waals surface area contributed by atoms with Crippen molar-refractivity contribution in [2.45, 2.75) is 6.42 Å². The molecule has 0 aromatic heterocycles. The molecule has 0 amide bonds. The molecule has 84 valence electrons. The van der Waals surface area contributed by atoms with Crippen molar-refractivity contribution >= 4 is 5.97 Å². The number of benzene rings is 1. The van der Waals surface area contributed by atoms with E-state index in [4.69, 9.17) is 14.9 Å². The number of rotatable bonds is 3. The van der Waals surface area contributed by atoms with Crippen molar-refractivity contribution in [2.24, 2.45) is 0 Å². The van der Waals surface area contributed by atoms with Crippen LogP contribution in [0.4, 0.5) is 0 Å². The van der Waals surface area contributed by atoms with Gasteiger partial charge in [0.05, 0.1) is 13.7 Å². The molecule has 2 N–H and O–H groups in total. The van der Waals surface area contributed by atoms with Crippen LogP contribution in [0.25, 0.3) is 0 Å². The molecule has 0 aliphatic heterocycles. The zero-order valence-corrected chi connectivity index (χ0v) is 8.86. The van der Waals surface area contributed by atoms with Crippen LogP contribution in [-0.2, 0) is 0 Å². The highest BCUT2D eigenvalue weighted by Crippen LogP contribution is 2.19. The summed E-state index contributed by atoms with van der Waals surface area (Å²) in [7, 11) is 1.42. The van der Waals surface area contributed by atoms with Gasteiger partial charge in [0.25, 0.3) is 0 Å². The van der Waals surface area contributed by atoms with Crippen molar-refractivity contribution < 1.29 is 19.7 Å². The standard InChI is InChI=1S/C12H12O4/c1-16-11-6-5-9(4-2-3-7-13)8-10(11)12(14)15/h5-6,8,13H,3,7H2,1H3,(H,14,15). The topological polar surface area (TPSA) is 66.8 Å². The number of aliphatic hydroxyl groups excluding tert-OH is 1. The van der Waals surface area contributed by atoms with Crippen LogP contribution in [0.5, 0.6) is 5.75 Å². The molecule has 1 rings (SSSR count). The van der Waals surface area contributed by atoms with Gasteiger partial charge in [0, 0.05) is 12.0 Å². The second-order valence-electron chi connectivity index (χ2n) is 3.00. The van der Waals surface area contributed by atoms with E-state index in [0.29, 0.717) is 17.7 Å². The zero-order chi connectivity index (χ0) is 12.0. The van der Waals surface area contributed by atoms with Gasteiger partial charge >= 0.3 is 5.97 Å². The summed E-state index contributed by atoms with van der Waals surface area (Å²) < 4.78 is 4.92. The van der Waals surface area contributed by atoms with Gasteiger partial charge in [0.1, 0.15) is 11.3 Å². The van der Waals surface area contributed by atoms with Gasteiger partial charge in [0.2, 0.25) is 0 Å². The first kappa shape index (κ1) is 12.1. The fourth-order valence-corrected chi connectivity index (χ4v) is 1.17. The Morgan fingerprint density at radius 2 is 2.25 bits per heavy atom. The Balaban J connectivity index is 3.04. The van der Waals surface area contributed by atoms with E-state index in [1.54, 1.807) is 12.1 Å². The average molecular weight is 220 g/mol. The quantitative estimate of drug-likeness (QED) is 0.749. The molecule has 0 saturated carbocycles. The first-order chi connectivity index (χ1) is 7.69. The molecule has 1 aromatic carbocycles. The van der Waals surface area contributed by atoms with Gasteiger partial charge in [-0.25, -0.2) is 4.79 Å². The van der Waals surface area contributed by atoms with E-state index in [1.807, 2.05) is 0 Å². The van der Waals surface area contributed by atoms with Crippen LogP contribution >= 0.6 is 0 Å². The number of hydrogen-bond donors (Lipinski definition) is 2. The van der Waals surface area contributed by atoms with Gasteiger partial charge in [-0.05, 0) is 18.2 Å².